The highest BCUT2D eigenvalue weighted by atomic mass is 16.6. The van der Waals surface area contributed by atoms with E-state index < -0.39 is 5.60 Å². The van der Waals surface area contributed by atoms with Crippen molar-refractivity contribution in [1.29, 1.82) is 0 Å². The Labute approximate surface area is 144 Å². The number of carbonyl (C=O) groups excluding carboxylic acids is 1. The van der Waals surface area contributed by atoms with Crippen LogP contribution in [0.15, 0.2) is 24.4 Å². The van der Waals surface area contributed by atoms with Crippen LogP contribution in [0, 0.1) is 0 Å². The summed E-state index contributed by atoms with van der Waals surface area (Å²) in [5.41, 5.74) is 3.55. The lowest BCUT2D eigenvalue weighted by molar-refractivity contribution is 0.0205. The fourth-order valence-electron chi connectivity index (χ4n) is 3.46. The minimum absolute atomic E-state index is 0.185. The molecule has 0 unspecified atom stereocenters. The third-order valence-electron chi connectivity index (χ3n) is 4.79. The Balaban J connectivity index is 1.67. The van der Waals surface area contributed by atoms with Gasteiger partial charge in [-0.15, -0.1) is 0 Å². The van der Waals surface area contributed by atoms with E-state index in [1.165, 1.54) is 22.0 Å². The summed E-state index contributed by atoms with van der Waals surface area (Å²) in [6.07, 6.45) is 4.96. The molecule has 1 aliphatic rings. The number of nitrogens with zero attached hydrogens (tertiary/aromatic N) is 1. The minimum Gasteiger partial charge on any atom is -0.444 e. The molecule has 1 aliphatic heterocycles. The molecule has 2 heterocycles. The molecule has 0 bridgehead atoms. The molecule has 0 saturated carbocycles. The van der Waals surface area contributed by atoms with E-state index in [1.807, 2.05) is 25.7 Å². The molecule has 2 aromatic rings. The molecule has 0 spiro atoms. The molecule has 0 radical (unpaired) electrons. The van der Waals surface area contributed by atoms with Crippen molar-refractivity contribution in [3.63, 3.8) is 0 Å². The maximum atomic E-state index is 12.2. The average Bonchev–Trinajstić information content (AvgIpc) is 2.95. The van der Waals surface area contributed by atoms with Gasteiger partial charge < -0.3 is 14.6 Å². The number of amides is 1. The van der Waals surface area contributed by atoms with E-state index in [4.69, 9.17) is 4.74 Å². The number of fused-ring (bicyclic) bond motifs is 1. The van der Waals surface area contributed by atoms with Crippen LogP contribution in [0.4, 0.5) is 4.79 Å². The topological polar surface area (TPSA) is 45.3 Å². The second kappa shape index (κ2) is 6.50. The Morgan fingerprint density at radius 2 is 2.00 bits per heavy atom. The van der Waals surface area contributed by atoms with Gasteiger partial charge in [0.15, 0.2) is 0 Å². The Morgan fingerprint density at radius 3 is 2.62 bits per heavy atom. The molecular weight excluding hydrogens is 300 g/mol. The van der Waals surface area contributed by atoms with Gasteiger partial charge in [-0.25, -0.2) is 4.79 Å². The predicted molar refractivity (Wildman–Crippen MR) is 97.5 cm³/mol. The van der Waals surface area contributed by atoms with Crippen molar-refractivity contribution < 1.29 is 9.53 Å². The molecule has 24 heavy (non-hydrogen) atoms. The van der Waals surface area contributed by atoms with Crippen molar-refractivity contribution >= 4 is 17.0 Å². The van der Waals surface area contributed by atoms with Gasteiger partial charge in [0.25, 0.3) is 0 Å². The van der Waals surface area contributed by atoms with Gasteiger partial charge in [-0.3, -0.25) is 0 Å². The molecule has 1 saturated heterocycles. The average molecular weight is 328 g/mol. The second-order valence-electron chi connectivity index (χ2n) is 7.71. The van der Waals surface area contributed by atoms with Crippen LogP contribution < -0.4 is 0 Å². The van der Waals surface area contributed by atoms with Crippen LogP contribution >= 0.6 is 0 Å². The largest absolute Gasteiger partial charge is 0.444 e. The molecule has 4 nitrogen and oxygen atoms in total. The number of benzene rings is 1. The van der Waals surface area contributed by atoms with Crippen LogP contribution in [0.2, 0.25) is 0 Å². The van der Waals surface area contributed by atoms with Gasteiger partial charge in [-0.1, -0.05) is 13.0 Å². The van der Waals surface area contributed by atoms with E-state index in [-0.39, 0.29) is 6.09 Å². The zero-order chi connectivity index (χ0) is 17.3. The highest BCUT2D eigenvalue weighted by molar-refractivity contribution is 5.84. The number of rotatable bonds is 2. The SMILES string of the molecule is CCc1c[nH]c2ccc(C3CCN(C(=O)OC(C)(C)C)CC3)cc12. The molecule has 1 fully saturated rings. The van der Waals surface area contributed by atoms with Crippen LogP contribution in [0.3, 0.4) is 0 Å². The number of likely N-dealkylation sites (tertiary alicyclic amines) is 1. The molecule has 1 amide bonds. The molecule has 130 valence electrons. The van der Waals surface area contributed by atoms with E-state index in [0.717, 1.165) is 32.4 Å². The first-order valence-electron chi connectivity index (χ1n) is 8.95. The first kappa shape index (κ1) is 16.9. The first-order chi connectivity index (χ1) is 11.4. The number of aromatic nitrogens is 1. The van der Waals surface area contributed by atoms with Crippen molar-refractivity contribution in [2.24, 2.45) is 0 Å². The number of hydrogen-bond acceptors (Lipinski definition) is 2. The summed E-state index contributed by atoms with van der Waals surface area (Å²) in [5, 5.41) is 1.34. The van der Waals surface area contributed by atoms with Crippen LogP contribution in [-0.4, -0.2) is 34.7 Å². The summed E-state index contributed by atoms with van der Waals surface area (Å²) in [4.78, 5) is 17.4. The first-order valence-corrected chi connectivity index (χ1v) is 8.95. The van der Waals surface area contributed by atoms with Gasteiger partial charge in [-0.05, 0) is 69.2 Å². The summed E-state index contributed by atoms with van der Waals surface area (Å²) < 4.78 is 5.48. The molecule has 4 heteroatoms. The Morgan fingerprint density at radius 1 is 1.29 bits per heavy atom. The minimum atomic E-state index is -0.427. The molecule has 1 aromatic carbocycles. The molecular formula is C20H28N2O2. The molecule has 1 aromatic heterocycles. The number of carbonyl (C=O) groups is 1. The van der Waals surface area contributed by atoms with E-state index in [2.05, 4.69) is 36.3 Å². The van der Waals surface area contributed by atoms with Gasteiger partial charge in [0.05, 0.1) is 0 Å². The van der Waals surface area contributed by atoms with Crippen molar-refractivity contribution in [1.82, 2.24) is 9.88 Å². The third kappa shape index (κ3) is 3.58. The van der Waals surface area contributed by atoms with Crippen molar-refractivity contribution in [2.75, 3.05) is 13.1 Å². The van der Waals surface area contributed by atoms with Crippen molar-refractivity contribution in [3.05, 3.63) is 35.5 Å². The van der Waals surface area contributed by atoms with Crippen LogP contribution in [0.5, 0.6) is 0 Å². The normalized spacial score (nSPS) is 16.6. The summed E-state index contributed by atoms with van der Waals surface area (Å²) in [5.74, 6) is 0.521. The number of nitrogens with one attached hydrogen (secondary N) is 1. The monoisotopic (exact) mass is 328 g/mol. The quantitative estimate of drug-likeness (QED) is 0.857. The number of H-pyrrole nitrogens is 1. The fourth-order valence-corrected chi connectivity index (χ4v) is 3.46. The van der Waals surface area contributed by atoms with Gasteiger partial charge >= 0.3 is 6.09 Å². The lowest BCUT2D eigenvalue weighted by atomic mass is 9.88. The highest BCUT2D eigenvalue weighted by Gasteiger charge is 2.27. The van der Waals surface area contributed by atoms with Crippen molar-refractivity contribution in [2.45, 2.75) is 58.5 Å². The Bertz CT molecular complexity index is 719. The van der Waals surface area contributed by atoms with Crippen LogP contribution in [0.25, 0.3) is 10.9 Å². The summed E-state index contributed by atoms with van der Waals surface area (Å²) in [6.45, 7) is 9.46. The Hall–Kier alpha value is -1.97. The lowest BCUT2D eigenvalue weighted by Crippen LogP contribution is -2.41. The van der Waals surface area contributed by atoms with Gasteiger partial charge in [-0.2, -0.15) is 0 Å². The third-order valence-corrected chi connectivity index (χ3v) is 4.79. The molecule has 0 aliphatic carbocycles. The number of aryl methyl sites for hydroxylation is 1. The van der Waals surface area contributed by atoms with E-state index >= 15 is 0 Å². The summed E-state index contributed by atoms with van der Waals surface area (Å²) >= 11 is 0. The smallest absolute Gasteiger partial charge is 0.410 e. The summed E-state index contributed by atoms with van der Waals surface area (Å²) in [6, 6.07) is 6.74. The highest BCUT2D eigenvalue weighted by Crippen LogP contribution is 2.31. The standard InChI is InChI=1S/C20H28N2O2/c1-5-14-13-21-18-7-6-16(12-17(14)18)15-8-10-22(11-9-15)19(23)24-20(2,3)4/h6-7,12-13,15,21H,5,8-11H2,1-4H3. The Kier molecular flexibility index (Phi) is 4.57. The number of ether oxygens (including phenoxy) is 1. The number of aromatic amines is 1. The van der Waals surface area contributed by atoms with Crippen molar-refractivity contribution in [3.8, 4) is 0 Å². The zero-order valence-corrected chi connectivity index (χ0v) is 15.2. The van der Waals surface area contributed by atoms with E-state index in [9.17, 15) is 4.79 Å². The fraction of sp³-hybridized carbons (Fsp3) is 0.550. The maximum absolute atomic E-state index is 12.2. The zero-order valence-electron chi connectivity index (χ0n) is 15.2. The number of piperidine rings is 1. The predicted octanol–water partition coefficient (Wildman–Crippen LogP) is 4.84. The van der Waals surface area contributed by atoms with Crippen LogP contribution in [-0.2, 0) is 11.2 Å². The molecule has 3 rings (SSSR count). The maximum Gasteiger partial charge on any atom is 0.410 e. The second-order valence-corrected chi connectivity index (χ2v) is 7.71. The summed E-state index contributed by atoms with van der Waals surface area (Å²) in [7, 11) is 0. The molecule has 0 atom stereocenters. The van der Waals surface area contributed by atoms with E-state index in [0.29, 0.717) is 5.92 Å². The van der Waals surface area contributed by atoms with Gasteiger partial charge in [0, 0.05) is 30.2 Å². The lowest BCUT2D eigenvalue weighted by Gasteiger charge is -2.33. The van der Waals surface area contributed by atoms with Crippen LogP contribution in [0.1, 0.15) is 57.6 Å². The van der Waals surface area contributed by atoms with E-state index in [1.54, 1.807) is 0 Å². The van der Waals surface area contributed by atoms with Gasteiger partial charge in [0.2, 0.25) is 0 Å². The van der Waals surface area contributed by atoms with Gasteiger partial charge in [0.1, 0.15) is 5.60 Å². The number of hydrogen-bond donors (Lipinski definition) is 1. The molecule has 1 N–H and O–H groups in total.